The van der Waals surface area contributed by atoms with Crippen LogP contribution in [0.2, 0.25) is 5.02 Å². The highest BCUT2D eigenvalue weighted by Gasteiger charge is 2.14. The van der Waals surface area contributed by atoms with Crippen molar-refractivity contribution in [2.75, 3.05) is 4.72 Å². The lowest BCUT2D eigenvalue weighted by atomic mass is 10.2. The smallest absolute Gasteiger partial charge is 0.271 e. The lowest BCUT2D eigenvalue weighted by Crippen LogP contribution is -2.18. The third-order valence-corrected chi connectivity index (χ3v) is 6.17. The number of halogens is 2. The molecule has 0 aromatic heterocycles. The third-order valence-electron chi connectivity index (χ3n) is 3.80. The molecule has 0 unspecified atom stereocenters. The molecule has 0 aliphatic rings. The number of amides is 1. The van der Waals surface area contributed by atoms with E-state index in [1.54, 1.807) is 0 Å². The first-order chi connectivity index (χ1) is 13.8. The largest absolute Gasteiger partial charge is 0.280 e. The zero-order valence-electron chi connectivity index (χ0n) is 14.8. The first kappa shape index (κ1) is 21.0. The van der Waals surface area contributed by atoms with Gasteiger partial charge < -0.3 is 0 Å². The number of sulfonamides is 1. The van der Waals surface area contributed by atoms with Crippen LogP contribution in [0.15, 0.2) is 87.3 Å². The van der Waals surface area contributed by atoms with E-state index in [0.717, 1.165) is 10.0 Å². The van der Waals surface area contributed by atoms with Crippen LogP contribution in [-0.4, -0.2) is 20.5 Å². The van der Waals surface area contributed by atoms with Gasteiger partial charge in [0.2, 0.25) is 0 Å². The van der Waals surface area contributed by atoms with E-state index in [1.807, 2.05) is 24.3 Å². The Morgan fingerprint density at radius 1 is 0.966 bits per heavy atom. The number of nitrogens with zero attached hydrogens (tertiary/aromatic N) is 1. The van der Waals surface area contributed by atoms with Crippen LogP contribution >= 0.6 is 27.5 Å². The second-order valence-corrected chi connectivity index (χ2v) is 8.83. The molecule has 2 N–H and O–H groups in total. The minimum atomic E-state index is -3.75. The van der Waals surface area contributed by atoms with E-state index < -0.39 is 15.9 Å². The number of carbonyl (C=O) groups is 1. The average Bonchev–Trinajstić information content (AvgIpc) is 2.70. The Kier molecular flexibility index (Phi) is 6.68. The molecule has 6 nitrogen and oxygen atoms in total. The summed E-state index contributed by atoms with van der Waals surface area (Å²) in [5, 5.41) is 4.38. The van der Waals surface area contributed by atoms with Gasteiger partial charge in [-0.3, -0.25) is 9.52 Å². The van der Waals surface area contributed by atoms with Crippen LogP contribution in [-0.2, 0) is 10.0 Å². The quantitative estimate of drug-likeness (QED) is 0.387. The highest BCUT2D eigenvalue weighted by molar-refractivity contribution is 9.10. The fraction of sp³-hybridized carbons (Fsp3) is 0. The molecular weight excluding hydrogens is 478 g/mol. The Morgan fingerprint density at radius 2 is 1.62 bits per heavy atom. The minimum absolute atomic E-state index is 0.0881. The van der Waals surface area contributed by atoms with Crippen LogP contribution in [0.25, 0.3) is 0 Å². The van der Waals surface area contributed by atoms with Crippen LogP contribution in [0.4, 0.5) is 5.69 Å². The van der Waals surface area contributed by atoms with Crippen LogP contribution < -0.4 is 10.1 Å². The van der Waals surface area contributed by atoms with E-state index >= 15 is 0 Å². The summed E-state index contributed by atoms with van der Waals surface area (Å²) in [6.07, 6.45) is 1.52. The molecule has 0 spiro atoms. The van der Waals surface area contributed by atoms with Gasteiger partial charge in [0.05, 0.1) is 11.1 Å². The summed E-state index contributed by atoms with van der Waals surface area (Å²) < 4.78 is 28.1. The van der Waals surface area contributed by atoms with Crippen LogP contribution in [0.5, 0.6) is 0 Å². The van der Waals surface area contributed by atoms with E-state index in [4.69, 9.17) is 11.6 Å². The van der Waals surface area contributed by atoms with Crippen LogP contribution in [0.1, 0.15) is 15.9 Å². The lowest BCUT2D eigenvalue weighted by Gasteiger charge is -2.09. The summed E-state index contributed by atoms with van der Waals surface area (Å²) in [7, 11) is -3.75. The van der Waals surface area contributed by atoms with Crippen molar-refractivity contribution in [3.05, 3.63) is 93.4 Å². The summed E-state index contributed by atoms with van der Waals surface area (Å²) in [6, 6.07) is 19.3. The number of benzene rings is 3. The molecule has 148 valence electrons. The number of carbonyl (C=O) groups excluding carboxylic acids is 1. The van der Waals surface area contributed by atoms with Gasteiger partial charge in [-0.1, -0.05) is 45.7 Å². The first-order valence-electron chi connectivity index (χ1n) is 8.31. The van der Waals surface area contributed by atoms with Crippen molar-refractivity contribution in [3.8, 4) is 0 Å². The highest BCUT2D eigenvalue weighted by Crippen LogP contribution is 2.19. The third kappa shape index (κ3) is 5.66. The topological polar surface area (TPSA) is 87.6 Å². The molecule has 0 bridgehead atoms. The molecule has 0 heterocycles. The maximum Gasteiger partial charge on any atom is 0.271 e. The minimum Gasteiger partial charge on any atom is -0.280 e. The zero-order valence-corrected chi connectivity index (χ0v) is 18.0. The van der Waals surface area contributed by atoms with E-state index in [1.165, 1.54) is 54.7 Å². The predicted octanol–water partition coefficient (Wildman–Crippen LogP) is 4.67. The number of anilines is 1. The van der Waals surface area contributed by atoms with Crippen molar-refractivity contribution in [3.63, 3.8) is 0 Å². The molecule has 1 amide bonds. The molecule has 0 aliphatic carbocycles. The molecule has 3 aromatic carbocycles. The van der Waals surface area contributed by atoms with E-state index in [9.17, 15) is 13.2 Å². The SMILES string of the molecule is O=C(NN=Cc1ccccc1Br)c1ccc(NS(=O)(=O)c2ccc(Cl)cc2)cc1. The van der Waals surface area contributed by atoms with Crippen molar-refractivity contribution < 1.29 is 13.2 Å². The molecule has 0 aliphatic heterocycles. The summed E-state index contributed by atoms with van der Waals surface area (Å²) in [6.45, 7) is 0. The van der Waals surface area contributed by atoms with Crippen molar-refractivity contribution in [1.29, 1.82) is 0 Å². The summed E-state index contributed by atoms with van der Waals surface area (Å²) >= 11 is 9.18. The molecule has 3 rings (SSSR count). The summed E-state index contributed by atoms with van der Waals surface area (Å²) in [5.74, 6) is -0.416. The van der Waals surface area contributed by atoms with Crippen LogP contribution in [0.3, 0.4) is 0 Å². The molecule has 9 heteroatoms. The Bertz CT molecular complexity index is 1150. The lowest BCUT2D eigenvalue weighted by molar-refractivity contribution is 0.0955. The maximum atomic E-state index is 12.4. The monoisotopic (exact) mass is 491 g/mol. The van der Waals surface area contributed by atoms with Gasteiger partial charge in [0.1, 0.15) is 0 Å². The van der Waals surface area contributed by atoms with Crippen molar-refractivity contribution in [2.45, 2.75) is 4.90 Å². The molecule has 29 heavy (non-hydrogen) atoms. The molecule has 0 fully saturated rings. The zero-order chi connectivity index (χ0) is 20.9. The van der Waals surface area contributed by atoms with E-state index in [-0.39, 0.29) is 4.90 Å². The number of hydrogen-bond acceptors (Lipinski definition) is 4. The molecule has 3 aromatic rings. The van der Waals surface area contributed by atoms with Crippen molar-refractivity contribution >= 4 is 55.4 Å². The van der Waals surface area contributed by atoms with Gasteiger partial charge in [-0.05, 0) is 54.6 Å². The highest BCUT2D eigenvalue weighted by atomic mass is 79.9. The molecular formula is C20H15BrClN3O3S. The van der Waals surface area contributed by atoms with Gasteiger partial charge >= 0.3 is 0 Å². The first-order valence-corrected chi connectivity index (χ1v) is 11.0. The Hall–Kier alpha value is -2.68. The second kappa shape index (κ2) is 9.21. The number of rotatable bonds is 6. The van der Waals surface area contributed by atoms with Gasteiger partial charge in [-0.15, -0.1) is 0 Å². The summed E-state index contributed by atoms with van der Waals surface area (Å²) in [5.41, 5.74) is 3.92. The van der Waals surface area contributed by atoms with Crippen molar-refractivity contribution in [2.24, 2.45) is 5.10 Å². The fourth-order valence-electron chi connectivity index (χ4n) is 2.32. The fourth-order valence-corrected chi connectivity index (χ4v) is 3.89. The summed E-state index contributed by atoms with van der Waals surface area (Å²) in [4.78, 5) is 12.3. The van der Waals surface area contributed by atoms with Gasteiger partial charge in [0.25, 0.3) is 15.9 Å². The normalized spacial score (nSPS) is 11.4. The van der Waals surface area contributed by atoms with Gasteiger partial charge in [-0.25, -0.2) is 13.8 Å². The molecule has 0 radical (unpaired) electrons. The van der Waals surface area contributed by atoms with E-state index in [2.05, 4.69) is 31.2 Å². The molecule has 0 saturated carbocycles. The number of hydrogen-bond donors (Lipinski definition) is 2. The maximum absolute atomic E-state index is 12.4. The van der Waals surface area contributed by atoms with Gasteiger partial charge in [0.15, 0.2) is 0 Å². The Morgan fingerprint density at radius 3 is 2.28 bits per heavy atom. The molecule has 0 saturated heterocycles. The van der Waals surface area contributed by atoms with Gasteiger partial charge in [-0.2, -0.15) is 5.10 Å². The van der Waals surface area contributed by atoms with Crippen LogP contribution in [0, 0.1) is 0 Å². The number of nitrogens with one attached hydrogen (secondary N) is 2. The van der Waals surface area contributed by atoms with Gasteiger partial charge in [0, 0.05) is 26.3 Å². The predicted molar refractivity (Wildman–Crippen MR) is 118 cm³/mol. The Balaban J connectivity index is 1.64. The van der Waals surface area contributed by atoms with E-state index in [0.29, 0.717) is 16.3 Å². The number of hydrazone groups is 1. The van der Waals surface area contributed by atoms with Crippen molar-refractivity contribution in [1.82, 2.24) is 5.43 Å². The Labute approximate surface area is 181 Å². The molecule has 0 atom stereocenters. The second-order valence-electron chi connectivity index (χ2n) is 5.86. The standard InChI is InChI=1S/C20H15BrClN3O3S/c21-19-4-2-1-3-15(19)13-23-24-20(26)14-5-9-17(10-6-14)25-29(27,28)18-11-7-16(22)8-12-18/h1-13,25H,(H,24,26). The average molecular weight is 493 g/mol.